The molecule has 1 N–H and O–H groups in total. The first-order valence-electron chi connectivity index (χ1n) is 6.52. The van der Waals surface area contributed by atoms with Gasteiger partial charge in [0.05, 0.1) is 5.92 Å². The number of rotatable bonds is 2. The molecule has 0 spiro atoms. The van der Waals surface area contributed by atoms with Crippen molar-refractivity contribution in [1.82, 2.24) is 10.2 Å². The Balaban J connectivity index is 1.81. The van der Waals surface area contributed by atoms with Gasteiger partial charge in [0, 0.05) is 18.1 Å². The SMILES string of the molecule is CC(C)(C)N1CC[C@@H](C(=O)NC2CCC2)C1. The van der Waals surface area contributed by atoms with Crippen LogP contribution >= 0.6 is 0 Å². The van der Waals surface area contributed by atoms with Crippen LogP contribution in [0.1, 0.15) is 46.5 Å². The van der Waals surface area contributed by atoms with E-state index >= 15 is 0 Å². The van der Waals surface area contributed by atoms with E-state index in [0.717, 1.165) is 19.5 Å². The van der Waals surface area contributed by atoms with Crippen LogP contribution in [0.2, 0.25) is 0 Å². The monoisotopic (exact) mass is 224 g/mol. The molecule has 16 heavy (non-hydrogen) atoms. The summed E-state index contributed by atoms with van der Waals surface area (Å²) in [6, 6.07) is 0.483. The van der Waals surface area contributed by atoms with Crippen molar-refractivity contribution in [2.75, 3.05) is 13.1 Å². The summed E-state index contributed by atoms with van der Waals surface area (Å²) in [6.45, 7) is 8.66. The molecule has 3 nitrogen and oxygen atoms in total. The molecule has 92 valence electrons. The topological polar surface area (TPSA) is 32.3 Å². The van der Waals surface area contributed by atoms with Crippen molar-refractivity contribution >= 4 is 5.91 Å². The van der Waals surface area contributed by atoms with Crippen LogP contribution < -0.4 is 5.32 Å². The smallest absolute Gasteiger partial charge is 0.224 e. The number of amides is 1. The first kappa shape index (κ1) is 11.9. The van der Waals surface area contributed by atoms with Crippen molar-refractivity contribution in [3.05, 3.63) is 0 Å². The second-order valence-electron chi connectivity index (χ2n) is 6.24. The first-order valence-corrected chi connectivity index (χ1v) is 6.52. The van der Waals surface area contributed by atoms with Crippen LogP contribution in [-0.4, -0.2) is 35.5 Å². The van der Waals surface area contributed by atoms with E-state index in [-0.39, 0.29) is 17.4 Å². The molecule has 0 bridgehead atoms. The quantitative estimate of drug-likeness (QED) is 0.775. The minimum Gasteiger partial charge on any atom is -0.353 e. The Kier molecular flexibility index (Phi) is 3.24. The predicted molar refractivity (Wildman–Crippen MR) is 65.2 cm³/mol. The Hall–Kier alpha value is -0.570. The lowest BCUT2D eigenvalue weighted by atomic mass is 9.92. The van der Waals surface area contributed by atoms with Gasteiger partial charge in [-0.2, -0.15) is 0 Å². The minimum absolute atomic E-state index is 0.200. The van der Waals surface area contributed by atoms with E-state index in [1.54, 1.807) is 0 Å². The molecule has 2 rings (SSSR count). The second-order valence-corrected chi connectivity index (χ2v) is 6.24. The number of nitrogens with zero attached hydrogens (tertiary/aromatic N) is 1. The fraction of sp³-hybridized carbons (Fsp3) is 0.923. The lowest BCUT2D eigenvalue weighted by Gasteiger charge is -2.32. The van der Waals surface area contributed by atoms with E-state index in [4.69, 9.17) is 0 Å². The van der Waals surface area contributed by atoms with Crippen LogP contribution in [0.3, 0.4) is 0 Å². The summed E-state index contributed by atoms with van der Waals surface area (Å²) in [5.74, 6) is 0.510. The van der Waals surface area contributed by atoms with Gasteiger partial charge >= 0.3 is 0 Å². The number of carbonyl (C=O) groups excluding carboxylic acids is 1. The fourth-order valence-electron chi connectivity index (χ4n) is 2.46. The van der Waals surface area contributed by atoms with E-state index < -0.39 is 0 Å². The highest BCUT2D eigenvalue weighted by Gasteiger charge is 2.34. The number of hydrogen-bond acceptors (Lipinski definition) is 2. The second kappa shape index (κ2) is 4.36. The van der Waals surface area contributed by atoms with Crippen molar-refractivity contribution in [1.29, 1.82) is 0 Å². The highest BCUT2D eigenvalue weighted by molar-refractivity contribution is 5.79. The molecule has 0 radical (unpaired) electrons. The summed E-state index contributed by atoms with van der Waals surface area (Å²) >= 11 is 0. The van der Waals surface area contributed by atoms with Gasteiger partial charge in [0.15, 0.2) is 0 Å². The molecular weight excluding hydrogens is 200 g/mol. The van der Waals surface area contributed by atoms with Crippen LogP contribution in [0, 0.1) is 5.92 Å². The standard InChI is InChI=1S/C13H24N2O/c1-13(2,3)15-8-7-10(9-15)12(16)14-11-5-4-6-11/h10-11H,4-9H2,1-3H3,(H,14,16)/t10-/m1/s1. The maximum atomic E-state index is 12.0. The Morgan fingerprint density at radius 1 is 1.25 bits per heavy atom. The summed E-state index contributed by atoms with van der Waals surface area (Å²) in [7, 11) is 0. The van der Waals surface area contributed by atoms with E-state index in [0.29, 0.717) is 6.04 Å². The molecule has 2 fully saturated rings. The van der Waals surface area contributed by atoms with Crippen LogP contribution in [-0.2, 0) is 4.79 Å². The third kappa shape index (κ3) is 2.57. The Bertz CT molecular complexity index is 266. The molecule has 0 aromatic rings. The van der Waals surface area contributed by atoms with Gasteiger partial charge in [-0.25, -0.2) is 0 Å². The lowest BCUT2D eigenvalue weighted by molar-refractivity contribution is -0.126. The average Bonchev–Trinajstić information content (AvgIpc) is 2.58. The maximum Gasteiger partial charge on any atom is 0.224 e. The molecule has 2 aliphatic rings. The van der Waals surface area contributed by atoms with Crippen molar-refractivity contribution in [2.45, 2.75) is 58.0 Å². The molecule has 1 heterocycles. The summed E-state index contributed by atoms with van der Waals surface area (Å²) in [4.78, 5) is 14.4. The van der Waals surface area contributed by atoms with Gasteiger partial charge in [0.25, 0.3) is 0 Å². The zero-order valence-corrected chi connectivity index (χ0v) is 10.8. The fourth-order valence-corrected chi connectivity index (χ4v) is 2.46. The molecule has 0 aromatic heterocycles. The van der Waals surface area contributed by atoms with Gasteiger partial charge in [0.1, 0.15) is 0 Å². The van der Waals surface area contributed by atoms with Crippen LogP contribution in [0.25, 0.3) is 0 Å². The first-order chi connectivity index (χ1) is 7.47. The van der Waals surface area contributed by atoms with E-state index in [1.807, 2.05) is 0 Å². The zero-order chi connectivity index (χ0) is 11.8. The molecule has 0 unspecified atom stereocenters. The van der Waals surface area contributed by atoms with E-state index in [1.165, 1.54) is 19.3 Å². The maximum absolute atomic E-state index is 12.0. The summed E-state index contributed by atoms with van der Waals surface area (Å²) in [5, 5.41) is 3.16. The molecule has 1 amide bonds. The largest absolute Gasteiger partial charge is 0.353 e. The Morgan fingerprint density at radius 3 is 2.38 bits per heavy atom. The molecule has 1 atom stereocenters. The van der Waals surface area contributed by atoms with Gasteiger partial charge in [-0.1, -0.05) is 0 Å². The molecule has 1 saturated carbocycles. The average molecular weight is 224 g/mol. The summed E-state index contributed by atoms with van der Waals surface area (Å²) in [5.41, 5.74) is 0.200. The molecule has 1 saturated heterocycles. The van der Waals surface area contributed by atoms with Crippen molar-refractivity contribution in [3.63, 3.8) is 0 Å². The molecule has 1 aliphatic heterocycles. The lowest BCUT2D eigenvalue weighted by Crippen LogP contribution is -2.44. The normalized spacial score (nSPS) is 27.8. The van der Waals surface area contributed by atoms with Crippen LogP contribution in [0.5, 0.6) is 0 Å². The summed E-state index contributed by atoms with van der Waals surface area (Å²) < 4.78 is 0. The Morgan fingerprint density at radius 2 is 1.94 bits per heavy atom. The van der Waals surface area contributed by atoms with Gasteiger partial charge in [0.2, 0.25) is 5.91 Å². The van der Waals surface area contributed by atoms with E-state index in [2.05, 4.69) is 31.0 Å². The van der Waals surface area contributed by atoms with Crippen molar-refractivity contribution in [2.24, 2.45) is 5.92 Å². The van der Waals surface area contributed by atoms with Gasteiger partial charge in [-0.3, -0.25) is 9.69 Å². The van der Waals surface area contributed by atoms with E-state index in [9.17, 15) is 4.79 Å². The van der Waals surface area contributed by atoms with Crippen LogP contribution in [0.15, 0.2) is 0 Å². The number of likely N-dealkylation sites (tertiary alicyclic amines) is 1. The summed E-state index contributed by atoms with van der Waals surface area (Å²) in [6.07, 6.45) is 4.67. The molecule has 1 aliphatic carbocycles. The molecule has 0 aromatic carbocycles. The van der Waals surface area contributed by atoms with Crippen LogP contribution in [0.4, 0.5) is 0 Å². The minimum atomic E-state index is 0.200. The highest BCUT2D eigenvalue weighted by atomic mass is 16.2. The highest BCUT2D eigenvalue weighted by Crippen LogP contribution is 2.25. The zero-order valence-electron chi connectivity index (χ0n) is 10.8. The van der Waals surface area contributed by atoms with Gasteiger partial charge in [-0.15, -0.1) is 0 Å². The third-order valence-electron chi connectivity index (χ3n) is 3.96. The molecular formula is C13H24N2O. The predicted octanol–water partition coefficient (Wildman–Crippen LogP) is 1.78. The number of carbonyl (C=O) groups is 1. The molecule has 3 heteroatoms. The van der Waals surface area contributed by atoms with Crippen molar-refractivity contribution in [3.8, 4) is 0 Å². The van der Waals surface area contributed by atoms with Gasteiger partial charge in [-0.05, 0) is 53.0 Å². The number of hydrogen-bond donors (Lipinski definition) is 1. The van der Waals surface area contributed by atoms with Crippen molar-refractivity contribution < 1.29 is 4.79 Å². The third-order valence-corrected chi connectivity index (χ3v) is 3.96. The number of nitrogens with one attached hydrogen (secondary N) is 1. The van der Waals surface area contributed by atoms with Gasteiger partial charge < -0.3 is 5.32 Å². The Labute approximate surface area is 98.6 Å².